The van der Waals surface area contributed by atoms with Gasteiger partial charge in [0.1, 0.15) is 11.6 Å². The molecule has 1 aromatic heterocycles. The van der Waals surface area contributed by atoms with Crippen LogP contribution in [0.1, 0.15) is 40.8 Å². The molecule has 3 heterocycles. The lowest BCUT2D eigenvalue weighted by Crippen LogP contribution is -2.39. The van der Waals surface area contributed by atoms with Gasteiger partial charge in [0.25, 0.3) is 5.91 Å². The summed E-state index contributed by atoms with van der Waals surface area (Å²) < 4.78 is 7.35. The van der Waals surface area contributed by atoms with E-state index in [0.29, 0.717) is 24.6 Å². The Bertz CT molecular complexity index is 749. The zero-order valence-corrected chi connectivity index (χ0v) is 14.4. The predicted molar refractivity (Wildman–Crippen MR) is 92.6 cm³/mol. The molecular weight excluding hydrogens is 318 g/mol. The van der Waals surface area contributed by atoms with Crippen LogP contribution in [0.2, 0.25) is 0 Å². The number of carbonyl (C=O) groups excluding carboxylic acids is 1. The summed E-state index contributed by atoms with van der Waals surface area (Å²) >= 11 is 0. The summed E-state index contributed by atoms with van der Waals surface area (Å²) in [4.78, 5) is 14.6. The first-order valence-corrected chi connectivity index (χ1v) is 8.82. The van der Waals surface area contributed by atoms with Crippen LogP contribution < -0.4 is 10.1 Å². The molecule has 1 N–H and O–H groups in total. The fourth-order valence-electron chi connectivity index (χ4n) is 3.64. The number of hydrogen-bond donors (Lipinski definition) is 1. The van der Waals surface area contributed by atoms with E-state index in [1.807, 2.05) is 17.0 Å². The maximum atomic E-state index is 12.7. The second-order valence-electron chi connectivity index (χ2n) is 6.62. The maximum Gasteiger partial charge on any atom is 0.254 e. The first-order valence-electron chi connectivity index (χ1n) is 8.82. The van der Waals surface area contributed by atoms with E-state index in [2.05, 4.69) is 20.1 Å². The van der Waals surface area contributed by atoms with Gasteiger partial charge in [-0.3, -0.25) is 4.79 Å². The number of methoxy groups -OCH3 is 1. The number of ether oxygens (including phenoxy) is 1. The molecule has 1 aromatic carbocycles. The number of nitrogens with zero attached hydrogens (tertiary/aromatic N) is 4. The molecule has 0 bridgehead atoms. The monoisotopic (exact) mass is 341 g/mol. The smallest absolute Gasteiger partial charge is 0.254 e. The number of amides is 1. The standard InChI is InChI=1S/C18H23N5O2/c1-25-15-6-4-13(5-7-15)18(24)22-9-10-23-16(12-22)20-21-17(23)14-3-2-8-19-11-14/h4-7,14,19H,2-3,8-12H2,1H3. The van der Waals surface area contributed by atoms with E-state index in [-0.39, 0.29) is 5.91 Å². The Balaban J connectivity index is 1.49. The minimum absolute atomic E-state index is 0.0257. The lowest BCUT2D eigenvalue weighted by Gasteiger charge is -2.29. The Hall–Kier alpha value is -2.41. The SMILES string of the molecule is COc1ccc(C(=O)N2CCn3c(nnc3C3CCCNC3)C2)cc1. The number of benzene rings is 1. The average Bonchev–Trinajstić information content (AvgIpc) is 3.11. The Morgan fingerprint density at radius 2 is 2.08 bits per heavy atom. The molecule has 0 spiro atoms. The molecule has 25 heavy (non-hydrogen) atoms. The highest BCUT2D eigenvalue weighted by Crippen LogP contribution is 2.25. The largest absolute Gasteiger partial charge is 0.497 e. The molecule has 2 aromatic rings. The van der Waals surface area contributed by atoms with Crippen molar-refractivity contribution in [2.75, 3.05) is 26.7 Å². The number of carbonyl (C=O) groups is 1. The predicted octanol–water partition coefficient (Wildman–Crippen LogP) is 1.41. The molecule has 7 nitrogen and oxygen atoms in total. The minimum atomic E-state index is 0.0257. The molecule has 1 unspecified atom stereocenters. The average molecular weight is 341 g/mol. The van der Waals surface area contributed by atoms with Crippen LogP contribution in [0.25, 0.3) is 0 Å². The second kappa shape index (κ2) is 6.84. The van der Waals surface area contributed by atoms with Crippen molar-refractivity contribution >= 4 is 5.91 Å². The van der Waals surface area contributed by atoms with Crippen LogP contribution in [0.3, 0.4) is 0 Å². The van der Waals surface area contributed by atoms with Crippen LogP contribution in [0.15, 0.2) is 24.3 Å². The van der Waals surface area contributed by atoms with Gasteiger partial charge in [0.15, 0.2) is 5.82 Å². The van der Waals surface area contributed by atoms with Crippen molar-refractivity contribution in [2.45, 2.75) is 31.8 Å². The Labute approximate surface area is 147 Å². The topological polar surface area (TPSA) is 72.3 Å². The van der Waals surface area contributed by atoms with Crippen LogP contribution in [0.5, 0.6) is 5.75 Å². The fraction of sp³-hybridized carbons (Fsp3) is 0.500. The molecular formula is C18H23N5O2. The van der Waals surface area contributed by atoms with Gasteiger partial charge in [-0.05, 0) is 43.7 Å². The van der Waals surface area contributed by atoms with Crippen molar-refractivity contribution in [2.24, 2.45) is 0 Å². The third kappa shape index (κ3) is 3.11. The summed E-state index contributed by atoms with van der Waals surface area (Å²) in [7, 11) is 1.62. The highest BCUT2D eigenvalue weighted by molar-refractivity contribution is 5.94. The summed E-state index contributed by atoms with van der Waals surface area (Å²) in [6.07, 6.45) is 2.33. The summed E-state index contributed by atoms with van der Waals surface area (Å²) in [6, 6.07) is 7.24. The lowest BCUT2D eigenvalue weighted by molar-refractivity contribution is 0.0706. The molecule has 1 atom stereocenters. The molecule has 7 heteroatoms. The molecule has 1 amide bonds. The lowest BCUT2D eigenvalue weighted by atomic mass is 9.99. The van der Waals surface area contributed by atoms with Crippen LogP contribution in [-0.4, -0.2) is 52.3 Å². The summed E-state index contributed by atoms with van der Waals surface area (Å²) in [5, 5.41) is 12.2. The summed E-state index contributed by atoms with van der Waals surface area (Å²) in [5.41, 5.74) is 0.672. The maximum absolute atomic E-state index is 12.7. The molecule has 1 saturated heterocycles. The molecule has 0 saturated carbocycles. The zero-order valence-electron chi connectivity index (χ0n) is 14.4. The van der Waals surface area contributed by atoms with Crippen LogP contribution in [0.4, 0.5) is 0 Å². The van der Waals surface area contributed by atoms with Crippen LogP contribution in [0, 0.1) is 0 Å². The molecule has 1 fully saturated rings. The van der Waals surface area contributed by atoms with Crippen molar-refractivity contribution in [3.05, 3.63) is 41.5 Å². The number of hydrogen-bond acceptors (Lipinski definition) is 5. The zero-order chi connectivity index (χ0) is 17.2. The van der Waals surface area contributed by atoms with Gasteiger partial charge in [0, 0.05) is 31.1 Å². The van der Waals surface area contributed by atoms with E-state index in [4.69, 9.17) is 4.74 Å². The second-order valence-corrected chi connectivity index (χ2v) is 6.62. The van der Waals surface area contributed by atoms with Gasteiger partial charge < -0.3 is 19.5 Å². The quantitative estimate of drug-likeness (QED) is 0.914. The highest BCUT2D eigenvalue weighted by Gasteiger charge is 2.28. The molecule has 0 aliphatic carbocycles. The van der Waals surface area contributed by atoms with Gasteiger partial charge in [0.05, 0.1) is 13.7 Å². The number of fused-ring (bicyclic) bond motifs is 1. The number of nitrogens with one attached hydrogen (secondary N) is 1. The van der Waals surface area contributed by atoms with Crippen LogP contribution >= 0.6 is 0 Å². The fourth-order valence-corrected chi connectivity index (χ4v) is 3.64. The molecule has 132 valence electrons. The van der Waals surface area contributed by atoms with Crippen molar-refractivity contribution < 1.29 is 9.53 Å². The van der Waals surface area contributed by atoms with Gasteiger partial charge in [-0.1, -0.05) is 0 Å². The highest BCUT2D eigenvalue weighted by atomic mass is 16.5. The first kappa shape index (κ1) is 16.1. The van der Waals surface area contributed by atoms with Crippen molar-refractivity contribution in [1.82, 2.24) is 25.0 Å². The summed E-state index contributed by atoms with van der Waals surface area (Å²) in [6.45, 7) is 4.01. The van der Waals surface area contributed by atoms with Gasteiger partial charge in [-0.15, -0.1) is 10.2 Å². The van der Waals surface area contributed by atoms with Gasteiger partial charge in [-0.2, -0.15) is 0 Å². The number of aromatic nitrogens is 3. The Morgan fingerprint density at radius 1 is 1.24 bits per heavy atom. The third-order valence-corrected chi connectivity index (χ3v) is 5.07. The summed E-state index contributed by atoms with van der Waals surface area (Å²) in [5.74, 6) is 3.16. The number of piperidine rings is 1. The van der Waals surface area contributed by atoms with Gasteiger partial charge in [-0.25, -0.2) is 0 Å². The Morgan fingerprint density at radius 3 is 2.80 bits per heavy atom. The van der Waals surface area contributed by atoms with E-state index in [1.54, 1.807) is 19.2 Å². The van der Waals surface area contributed by atoms with Gasteiger partial charge >= 0.3 is 0 Å². The van der Waals surface area contributed by atoms with Crippen molar-refractivity contribution in [1.29, 1.82) is 0 Å². The van der Waals surface area contributed by atoms with Gasteiger partial charge in [0.2, 0.25) is 0 Å². The molecule has 4 rings (SSSR count). The minimum Gasteiger partial charge on any atom is -0.497 e. The number of rotatable bonds is 3. The molecule has 0 radical (unpaired) electrons. The van der Waals surface area contributed by atoms with Crippen molar-refractivity contribution in [3.63, 3.8) is 0 Å². The van der Waals surface area contributed by atoms with Crippen molar-refractivity contribution in [3.8, 4) is 5.75 Å². The molecule has 2 aliphatic rings. The van der Waals surface area contributed by atoms with Crippen LogP contribution in [-0.2, 0) is 13.1 Å². The third-order valence-electron chi connectivity index (χ3n) is 5.07. The van der Waals surface area contributed by atoms with E-state index in [9.17, 15) is 4.79 Å². The first-order chi connectivity index (χ1) is 12.3. The van der Waals surface area contributed by atoms with E-state index in [0.717, 1.165) is 43.5 Å². The normalized spacial score (nSPS) is 20.2. The van der Waals surface area contributed by atoms with E-state index in [1.165, 1.54) is 6.42 Å². The van der Waals surface area contributed by atoms with E-state index >= 15 is 0 Å². The van der Waals surface area contributed by atoms with E-state index < -0.39 is 0 Å². The molecule has 2 aliphatic heterocycles. The Kier molecular flexibility index (Phi) is 4.40.